The van der Waals surface area contributed by atoms with Crippen molar-refractivity contribution in [3.8, 4) is 0 Å². The van der Waals surface area contributed by atoms with E-state index in [0.29, 0.717) is 30.5 Å². The van der Waals surface area contributed by atoms with Crippen molar-refractivity contribution in [1.29, 1.82) is 0 Å². The molecule has 0 spiro atoms. The number of piperidine rings is 1. The summed E-state index contributed by atoms with van der Waals surface area (Å²) in [5.41, 5.74) is 5.96. The van der Waals surface area contributed by atoms with Crippen molar-refractivity contribution < 1.29 is 4.79 Å². The molecule has 0 aromatic rings. The molecule has 2 unspecified atom stereocenters. The van der Waals surface area contributed by atoms with Crippen molar-refractivity contribution in [2.45, 2.75) is 56.7 Å². The van der Waals surface area contributed by atoms with E-state index in [1.54, 1.807) is 0 Å². The summed E-state index contributed by atoms with van der Waals surface area (Å²) < 4.78 is 0. The van der Waals surface area contributed by atoms with Gasteiger partial charge in [-0.1, -0.05) is 6.08 Å². The lowest BCUT2D eigenvalue weighted by Gasteiger charge is -2.37. The highest BCUT2D eigenvalue weighted by Gasteiger charge is 2.41. The first-order chi connectivity index (χ1) is 7.22. The zero-order valence-electron chi connectivity index (χ0n) is 9.19. The van der Waals surface area contributed by atoms with Crippen LogP contribution in [0.15, 0.2) is 12.7 Å². The third-order valence-electron chi connectivity index (χ3n) is 3.62. The average molecular weight is 208 g/mol. The Balaban J connectivity index is 1.98. The highest BCUT2D eigenvalue weighted by atomic mass is 16.2. The highest BCUT2D eigenvalue weighted by molar-refractivity contribution is 5.77. The van der Waals surface area contributed by atoms with Gasteiger partial charge in [0.25, 0.3) is 0 Å². The first-order valence-electron chi connectivity index (χ1n) is 5.90. The summed E-state index contributed by atoms with van der Waals surface area (Å²) in [6, 6.07) is 1.16. The summed E-state index contributed by atoms with van der Waals surface area (Å²) in [6.45, 7) is 3.65. The molecular formula is C12H20N2O. The minimum Gasteiger partial charge on any atom is -0.337 e. The third-order valence-corrected chi connectivity index (χ3v) is 3.62. The summed E-state index contributed by atoms with van der Waals surface area (Å²) in [5, 5.41) is 0. The molecule has 3 nitrogen and oxygen atoms in total. The maximum atomic E-state index is 12.0. The molecule has 2 fully saturated rings. The van der Waals surface area contributed by atoms with Gasteiger partial charge in [0.05, 0.1) is 0 Å². The molecule has 2 aliphatic rings. The van der Waals surface area contributed by atoms with Gasteiger partial charge < -0.3 is 10.6 Å². The van der Waals surface area contributed by atoms with Gasteiger partial charge in [0.2, 0.25) is 5.91 Å². The molecule has 84 valence electrons. The predicted molar refractivity (Wildman–Crippen MR) is 60.3 cm³/mol. The second-order valence-corrected chi connectivity index (χ2v) is 4.74. The summed E-state index contributed by atoms with van der Waals surface area (Å²) in [4.78, 5) is 14.1. The van der Waals surface area contributed by atoms with Crippen LogP contribution in [0.1, 0.15) is 38.5 Å². The van der Waals surface area contributed by atoms with Crippen molar-refractivity contribution in [2.75, 3.05) is 0 Å². The van der Waals surface area contributed by atoms with Gasteiger partial charge in [0.1, 0.15) is 0 Å². The number of hydrogen-bond acceptors (Lipinski definition) is 2. The number of carbonyl (C=O) groups excluding carboxylic acids is 1. The molecule has 2 bridgehead atoms. The van der Waals surface area contributed by atoms with Gasteiger partial charge in [-0.2, -0.15) is 0 Å². The quantitative estimate of drug-likeness (QED) is 0.713. The van der Waals surface area contributed by atoms with Crippen molar-refractivity contribution in [3.63, 3.8) is 0 Å². The van der Waals surface area contributed by atoms with E-state index < -0.39 is 0 Å². The molecule has 0 radical (unpaired) electrons. The van der Waals surface area contributed by atoms with Crippen LogP contribution in [0.4, 0.5) is 0 Å². The minimum atomic E-state index is 0.300. The summed E-state index contributed by atoms with van der Waals surface area (Å²) in [6.07, 6.45) is 7.52. The van der Waals surface area contributed by atoms with Gasteiger partial charge in [-0.25, -0.2) is 0 Å². The Morgan fingerprint density at radius 1 is 1.40 bits per heavy atom. The Bertz CT molecular complexity index is 250. The van der Waals surface area contributed by atoms with Crippen LogP contribution < -0.4 is 5.73 Å². The summed E-state index contributed by atoms with van der Waals surface area (Å²) >= 11 is 0. The molecule has 2 aliphatic heterocycles. The van der Waals surface area contributed by atoms with Gasteiger partial charge >= 0.3 is 0 Å². The summed E-state index contributed by atoms with van der Waals surface area (Å²) in [5.74, 6) is 0.300. The van der Waals surface area contributed by atoms with Crippen LogP contribution in [0.25, 0.3) is 0 Å². The van der Waals surface area contributed by atoms with Crippen LogP contribution in [0.3, 0.4) is 0 Å². The number of nitrogens with zero attached hydrogens (tertiary/aromatic N) is 1. The highest BCUT2D eigenvalue weighted by Crippen LogP contribution is 2.35. The molecule has 2 N–H and O–H groups in total. The molecule has 3 heteroatoms. The lowest BCUT2D eigenvalue weighted by Crippen LogP contribution is -2.50. The fourth-order valence-electron chi connectivity index (χ4n) is 2.98. The number of fused-ring (bicyclic) bond motifs is 2. The Morgan fingerprint density at radius 3 is 2.53 bits per heavy atom. The summed E-state index contributed by atoms with van der Waals surface area (Å²) in [7, 11) is 0. The van der Waals surface area contributed by atoms with Crippen molar-refractivity contribution >= 4 is 5.91 Å². The predicted octanol–water partition coefficient (Wildman–Crippen LogP) is 1.43. The van der Waals surface area contributed by atoms with Crippen LogP contribution in [0.5, 0.6) is 0 Å². The van der Waals surface area contributed by atoms with E-state index in [4.69, 9.17) is 5.73 Å². The lowest BCUT2D eigenvalue weighted by atomic mass is 9.97. The zero-order valence-corrected chi connectivity index (χ0v) is 9.19. The van der Waals surface area contributed by atoms with Gasteiger partial charge in [-0.15, -0.1) is 6.58 Å². The number of carbonyl (C=O) groups is 1. The van der Waals surface area contributed by atoms with E-state index >= 15 is 0 Å². The fraction of sp³-hybridized carbons (Fsp3) is 0.750. The maximum Gasteiger partial charge on any atom is 0.223 e. The average Bonchev–Trinajstić information content (AvgIpc) is 2.48. The largest absolute Gasteiger partial charge is 0.337 e. The van der Waals surface area contributed by atoms with Crippen LogP contribution in [0, 0.1) is 0 Å². The minimum absolute atomic E-state index is 0.300. The van der Waals surface area contributed by atoms with E-state index in [0.717, 1.165) is 32.1 Å². The SMILES string of the molecule is C=CCCC(=O)N1C2CCC1CC(N)C2. The molecule has 1 amide bonds. The first-order valence-corrected chi connectivity index (χ1v) is 5.90. The molecule has 2 heterocycles. The van der Waals surface area contributed by atoms with Crippen molar-refractivity contribution in [3.05, 3.63) is 12.7 Å². The molecule has 0 aromatic heterocycles. The second kappa shape index (κ2) is 4.35. The van der Waals surface area contributed by atoms with E-state index in [2.05, 4.69) is 11.5 Å². The molecule has 0 aliphatic carbocycles. The normalized spacial score (nSPS) is 34.2. The molecule has 2 atom stereocenters. The number of allylic oxidation sites excluding steroid dienone is 1. The first kappa shape index (κ1) is 10.7. The second-order valence-electron chi connectivity index (χ2n) is 4.74. The van der Waals surface area contributed by atoms with Crippen LogP contribution in [-0.4, -0.2) is 28.9 Å². The Morgan fingerprint density at radius 2 is 2.00 bits per heavy atom. The van der Waals surface area contributed by atoms with Crippen LogP contribution in [-0.2, 0) is 4.79 Å². The Hall–Kier alpha value is -0.830. The van der Waals surface area contributed by atoms with E-state index in [1.807, 2.05) is 6.08 Å². The molecule has 0 saturated carbocycles. The smallest absolute Gasteiger partial charge is 0.223 e. The topological polar surface area (TPSA) is 46.3 Å². The van der Waals surface area contributed by atoms with Gasteiger partial charge in [0, 0.05) is 24.5 Å². The van der Waals surface area contributed by atoms with Crippen LogP contribution in [0.2, 0.25) is 0 Å². The van der Waals surface area contributed by atoms with E-state index in [-0.39, 0.29) is 0 Å². The molecule has 2 rings (SSSR count). The third kappa shape index (κ3) is 2.07. The van der Waals surface area contributed by atoms with Gasteiger partial charge in [0.15, 0.2) is 0 Å². The van der Waals surface area contributed by atoms with Crippen molar-refractivity contribution in [2.24, 2.45) is 5.73 Å². The van der Waals surface area contributed by atoms with Crippen molar-refractivity contribution in [1.82, 2.24) is 4.90 Å². The molecule has 0 aromatic carbocycles. The monoisotopic (exact) mass is 208 g/mol. The Labute approximate surface area is 91.3 Å². The van der Waals surface area contributed by atoms with Gasteiger partial charge in [-0.3, -0.25) is 4.79 Å². The van der Waals surface area contributed by atoms with E-state index in [1.165, 1.54) is 0 Å². The number of nitrogens with two attached hydrogens (primary N) is 1. The zero-order chi connectivity index (χ0) is 10.8. The number of hydrogen-bond donors (Lipinski definition) is 1. The maximum absolute atomic E-state index is 12.0. The Kier molecular flexibility index (Phi) is 3.10. The number of amides is 1. The van der Waals surface area contributed by atoms with E-state index in [9.17, 15) is 4.79 Å². The molecular weight excluding hydrogens is 188 g/mol. The standard InChI is InChI=1S/C12H20N2O/c1-2-3-4-12(15)14-10-5-6-11(14)8-9(13)7-10/h2,9-11H,1,3-8,13H2. The molecule has 15 heavy (non-hydrogen) atoms. The fourth-order valence-corrected chi connectivity index (χ4v) is 2.98. The van der Waals surface area contributed by atoms with Gasteiger partial charge in [-0.05, 0) is 32.1 Å². The lowest BCUT2D eigenvalue weighted by molar-refractivity contribution is -0.135. The number of rotatable bonds is 3. The molecule has 2 saturated heterocycles. The van der Waals surface area contributed by atoms with Crippen LogP contribution >= 0.6 is 0 Å².